The number of carbonyl (C=O) groups is 1. The standard InChI is InChI=1S/C19H24BrN3O3S/c1-4-23(5-2)27(25,26)18-12-17(9-6-14(18)3)21-13-19(24)22-16-10-7-15(20)8-11-16/h6-12,21H,4-5,13H2,1-3H3,(H,22,24). The Hall–Kier alpha value is -1.90. The summed E-state index contributed by atoms with van der Waals surface area (Å²) in [6, 6.07) is 12.4. The van der Waals surface area contributed by atoms with E-state index in [-0.39, 0.29) is 17.3 Å². The van der Waals surface area contributed by atoms with Gasteiger partial charge >= 0.3 is 0 Å². The van der Waals surface area contributed by atoms with Crippen molar-refractivity contribution in [1.29, 1.82) is 0 Å². The smallest absolute Gasteiger partial charge is 0.243 e. The second-order valence-corrected chi connectivity index (χ2v) is 8.80. The van der Waals surface area contributed by atoms with Gasteiger partial charge in [0, 0.05) is 28.9 Å². The minimum absolute atomic E-state index is 0.0316. The minimum atomic E-state index is -3.56. The van der Waals surface area contributed by atoms with Gasteiger partial charge in [0.05, 0.1) is 11.4 Å². The second kappa shape index (κ2) is 9.34. The topological polar surface area (TPSA) is 78.5 Å². The molecule has 0 bridgehead atoms. The van der Waals surface area contributed by atoms with Gasteiger partial charge in [-0.25, -0.2) is 8.42 Å². The van der Waals surface area contributed by atoms with Crippen molar-refractivity contribution in [2.24, 2.45) is 0 Å². The van der Waals surface area contributed by atoms with Crippen LogP contribution in [0.3, 0.4) is 0 Å². The van der Waals surface area contributed by atoms with Gasteiger partial charge in [0.2, 0.25) is 15.9 Å². The Balaban J connectivity index is 2.09. The number of nitrogens with one attached hydrogen (secondary N) is 2. The van der Waals surface area contributed by atoms with E-state index >= 15 is 0 Å². The summed E-state index contributed by atoms with van der Waals surface area (Å²) in [5, 5.41) is 5.77. The Morgan fingerprint density at radius 3 is 2.22 bits per heavy atom. The summed E-state index contributed by atoms with van der Waals surface area (Å²) in [6.45, 7) is 6.23. The highest BCUT2D eigenvalue weighted by Gasteiger charge is 2.23. The maximum atomic E-state index is 12.8. The number of amides is 1. The molecule has 0 spiro atoms. The van der Waals surface area contributed by atoms with Crippen LogP contribution >= 0.6 is 15.9 Å². The van der Waals surface area contributed by atoms with Crippen LogP contribution in [0.5, 0.6) is 0 Å². The van der Waals surface area contributed by atoms with Crippen LogP contribution in [0, 0.1) is 6.92 Å². The molecule has 6 nitrogen and oxygen atoms in total. The van der Waals surface area contributed by atoms with Crippen molar-refractivity contribution in [2.45, 2.75) is 25.7 Å². The predicted molar refractivity (Wildman–Crippen MR) is 113 cm³/mol. The molecule has 0 aliphatic rings. The van der Waals surface area contributed by atoms with E-state index < -0.39 is 10.0 Å². The number of halogens is 1. The lowest BCUT2D eigenvalue weighted by molar-refractivity contribution is -0.114. The molecular weight excluding hydrogens is 430 g/mol. The van der Waals surface area contributed by atoms with Crippen LogP contribution in [0.2, 0.25) is 0 Å². The Kier molecular flexibility index (Phi) is 7.41. The van der Waals surface area contributed by atoms with Crippen molar-refractivity contribution in [2.75, 3.05) is 30.3 Å². The zero-order valence-corrected chi connectivity index (χ0v) is 18.0. The molecule has 0 saturated heterocycles. The number of nitrogens with zero attached hydrogens (tertiary/aromatic N) is 1. The number of carbonyl (C=O) groups excluding carboxylic acids is 1. The number of hydrogen-bond acceptors (Lipinski definition) is 4. The Bertz CT molecular complexity index is 895. The summed E-state index contributed by atoms with van der Waals surface area (Å²) in [6.07, 6.45) is 0. The van der Waals surface area contributed by atoms with Crippen molar-refractivity contribution in [3.8, 4) is 0 Å². The fourth-order valence-corrected chi connectivity index (χ4v) is 4.58. The van der Waals surface area contributed by atoms with Gasteiger partial charge < -0.3 is 10.6 Å². The Labute approximate surface area is 169 Å². The summed E-state index contributed by atoms with van der Waals surface area (Å²) in [5.41, 5.74) is 1.95. The molecule has 0 aromatic heterocycles. The van der Waals surface area contributed by atoms with E-state index in [1.54, 1.807) is 37.3 Å². The van der Waals surface area contributed by atoms with Gasteiger partial charge in [-0.3, -0.25) is 4.79 Å². The first-order valence-electron chi connectivity index (χ1n) is 8.68. The summed E-state index contributed by atoms with van der Waals surface area (Å²) in [5.74, 6) is -0.217. The molecule has 0 heterocycles. The second-order valence-electron chi connectivity index (χ2n) is 5.98. The van der Waals surface area contributed by atoms with E-state index in [1.807, 2.05) is 26.0 Å². The summed E-state index contributed by atoms with van der Waals surface area (Å²) in [7, 11) is -3.56. The molecule has 0 unspecified atom stereocenters. The van der Waals surface area contributed by atoms with Crippen molar-refractivity contribution in [3.63, 3.8) is 0 Å². The van der Waals surface area contributed by atoms with Gasteiger partial charge in [-0.1, -0.05) is 35.8 Å². The van der Waals surface area contributed by atoms with Crippen molar-refractivity contribution in [3.05, 3.63) is 52.5 Å². The van der Waals surface area contributed by atoms with Crippen molar-refractivity contribution in [1.82, 2.24) is 4.31 Å². The predicted octanol–water partition coefficient (Wildman–Crippen LogP) is 3.84. The third-order valence-electron chi connectivity index (χ3n) is 4.09. The molecule has 2 aromatic rings. The number of rotatable bonds is 8. The van der Waals surface area contributed by atoms with Crippen LogP contribution in [0.15, 0.2) is 51.8 Å². The summed E-state index contributed by atoms with van der Waals surface area (Å²) in [4.78, 5) is 12.4. The number of anilines is 2. The minimum Gasteiger partial charge on any atom is -0.376 e. The molecule has 2 rings (SSSR count). The Morgan fingerprint density at radius 1 is 1.04 bits per heavy atom. The highest BCUT2D eigenvalue weighted by Crippen LogP contribution is 2.23. The highest BCUT2D eigenvalue weighted by atomic mass is 79.9. The van der Waals surface area contributed by atoms with E-state index in [9.17, 15) is 13.2 Å². The SMILES string of the molecule is CCN(CC)S(=O)(=O)c1cc(NCC(=O)Nc2ccc(Br)cc2)ccc1C. The van der Waals surface area contributed by atoms with E-state index in [4.69, 9.17) is 0 Å². The highest BCUT2D eigenvalue weighted by molar-refractivity contribution is 9.10. The van der Waals surface area contributed by atoms with Crippen LogP contribution in [0.1, 0.15) is 19.4 Å². The van der Waals surface area contributed by atoms with Gasteiger partial charge in [-0.05, 0) is 48.9 Å². The van der Waals surface area contributed by atoms with Gasteiger partial charge in [0.25, 0.3) is 0 Å². The molecule has 0 saturated carbocycles. The first-order chi connectivity index (χ1) is 12.8. The number of benzene rings is 2. The molecule has 0 atom stereocenters. The van der Waals surface area contributed by atoms with E-state index in [0.29, 0.717) is 30.0 Å². The Morgan fingerprint density at radius 2 is 1.63 bits per heavy atom. The number of hydrogen-bond donors (Lipinski definition) is 2. The molecule has 0 aliphatic carbocycles. The molecule has 0 radical (unpaired) electrons. The molecule has 2 aromatic carbocycles. The quantitative estimate of drug-likeness (QED) is 0.636. The zero-order chi connectivity index (χ0) is 20.0. The van der Waals surface area contributed by atoms with Crippen LogP contribution in [-0.4, -0.2) is 38.3 Å². The first-order valence-corrected chi connectivity index (χ1v) is 10.9. The van der Waals surface area contributed by atoms with Crippen LogP contribution in [0.4, 0.5) is 11.4 Å². The maximum Gasteiger partial charge on any atom is 0.243 e. The fraction of sp³-hybridized carbons (Fsp3) is 0.316. The van der Waals surface area contributed by atoms with Gasteiger partial charge in [0.1, 0.15) is 0 Å². The third kappa shape index (κ3) is 5.54. The van der Waals surface area contributed by atoms with Crippen LogP contribution in [-0.2, 0) is 14.8 Å². The number of aryl methyl sites for hydroxylation is 1. The largest absolute Gasteiger partial charge is 0.376 e. The summed E-state index contributed by atoms with van der Waals surface area (Å²) < 4.78 is 27.9. The molecule has 2 N–H and O–H groups in total. The monoisotopic (exact) mass is 453 g/mol. The van der Waals surface area contributed by atoms with Crippen LogP contribution < -0.4 is 10.6 Å². The molecule has 0 aliphatic heterocycles. The molecule has 1 amide bonds. The van der Waals surface area contributed by atoms with Gasteiger partial charge in [-0.15, -0.1) is 0 Å². The zero-order valence-electron chi connectivity index (χ0n) is 15.6. The molecule has 27 heavy (non-hydrogen) atoms. The van der Waals surface area contributed by atoms with E-state index in [2.05, 4.69) is 26.6 Å². The molecule has 146 valence electrons. The lowest BCUT2D eigenvalue weighted by Crippen LogP contribution is -2.31. The van der Waals surface area contributed by atoms with Crippen LogP contribution in [0.25, 0.3) is 0 Å². The van der Waals surface area contributed by atoms with E-state index in [1.165, 1.54) is 4.31 Å². The first kappa shape index (κ1) is 21.4. The van der Waals surface area contributed by atoms with E-state index in [0.717, 1.165) is 4.47 Å². The molecule has 0 fully saturated rings. The molecular formula is C19H24BrN3O3S. The fourth-order valence-electron chi connectivity index (χ4n) is 2.61. The summed E-state index contributed by atoms with van der Waals surface area (Å²) >= 11 is 3.34. The van der Waals surface area contributed by atoms with Crippen molar-refractivity contribution >= 4 is 43.2 Å². The lowest BCUT2D eigenvalue weighted by atomic mass is 10.2. The van der Waals surface area contributed by atoms with Gasteiger partial charge in [-0.2, -0.15) is 4.31 Å². The third-order valence-corrected chi connectivity index (χ3v) is 6.81. The normalized spacial score (nSPS) is 11.4. The lowest BCUT2D eigenvalue weighted by Gasteiger charge is -2.20. The van der Waals surface area contributed by atoms with Gasteiger partial charge in [0.15, 0.2) is 0 Å². The molecule has 8 heteroatoms. The maximum absolute atomic E-state index is 12.8. The number of sulfonamides is 1. The average Bonchev–Trinajstić information content (AvgIpc) is 2.63. The average molecular weight is 454 g/mol. The van der Waals surface area contributed by atoms with Crippen molar-refractivity contribution < 1.29 is 13.2 Å².